The third-order valence-corrected chi connectivity index (χ3v) is 3.93. The number of benzene rings is 2. The van der Waals surface area contributed by atoms with Gasteiger partial charge in [-0.15, -0.1) is 0 Å². The molecule has 0 bridgehead atoms. The van der Waals surface area contributed by atoms with Gasteiger partial charge in [0.15, 0.2) is 0 Å². The summed E-state index contributed by atoms with van der Waals surface area (Å²) in [6.45, 7) is 2.26. The second-order valence-corrected chi connectivity index (χ2v) is 5.72. The quantitative estimate of drug-likeness (QED) is 0.894. The number of halogens is 2. The van der Waals surface area contributed by atoms with Gasteiger partial charge >= 0.3 is 0 Å². The molecule has 2 aromatic carbocycles. The number of aliphatic hydroxyl groups excluding tert-OH is 1. The van der Waals surface area contributed by atoms with Crippen LogP contribution < -0.4 is 5.73 Å². The first kappa shape index (κ1) is 15.3. The summed E-state index contributed by atoms with van der Waals surface area (Å²) in [7, 11) is 0. The van der Waals surface area contributed by atoms with Crippen LogP contribution in [-0.4, -0.2) is 11.7 Å². The van der Waals surface area contributed by atoms with Crippen molar-refractivity contribution in [3.05, 3.63) is 69.2 Å². The van der Waals surface area contributed by atoms with Crippen LogP contribution in [0.4, 0.5) is 0 Å². The van der Waals surface area contributed by atoms with Crippen molar-refractivity contribution in [2.75, 3.05) is 6.54 Å². The summed E-state index contributed by atoms with van der Waals surface area (Å²) in [4.78, 5) is 0. The maximum atomic E-state index is 10.6. The maximum Gasteiger partial charge on any atom is 0.0873 e. The van der Waals surface area contributed by atoms with Crippen LogP contribution in [0.25, 0.3) is 0 Å². The zero-order valence-electron chi connectivity index (χ0n) is 11.2. The van der Waals surface area contributed by atoms with E-state index in [0.29, 0.717) is 16.6 Å². The monoisotopic (exact) mass is 309 g/mol. The second-order valence-electron chi connectivity index (χ2n) is 4.84. The second kappa shape index (κ2) is 6.59. The lowest BCUT2D eigenvalue weighted by atomic mass is 9.87. The first-order valence-electron chi connectivity index (χ1n) is 6.42. The van der Waals surface area contributed by atoms with E-state index in [2.05, 4.69) is 0 Å². The molecular weight excluding hydrogens is 293 g/mol. The third kappa shape index (κ3) is 3.33. The van der Waals surface area contributed by atoms with Gasteiger partial charge in [-0.1, -0.05) is 41.4 Å². The average molecular weight is 310 g/mol. The van der Waals surface area contributed by atoms with Gasteiger partial charge in [0.25, 0.3) is 0 Å². The zero-order valence-corrected chi connectivity index (χ0v) is 12.7. The molecule has 2 unspecified atom stereocenters. The van der Waals surface area contributed by atoms with E-state index >= 15 is 0 Å². The highest BCUT2D eigenvalue weighted by molar-refractivity contribution is 6.30. The summed E-state index contributed by atoms with van der Waals surface area (Å²) >= 11 is 12.0. The smallest absolute Gasteiger partial charge is 0.0873 e. The van der Waals surface area contributed by atoms with E-state index in [9.17, 15) is 5.11 Å². The minimum absolute atomic E-state index is 0.200. The molecule has 2 aromatic rings. The molecule has 0 aliphatic heterocycles. The topological polar surface area (TPSA) is 46.2 Å². The Morgan fingerprint density at radius 2 is 1.80 bits per heavy atom. The Bertz CT molecular complexity index is 601. The van der Waals surface area contributed by atoms with Gasteiger partial charge < -0.3 is 10.8 Å². The predicted molar refractivity (Wildman–Crippen MR) is 84.4 cm³/mol. The normalized spacial score (nSPS) is 14.1. The maximum absolute atomic E-state index is 10.6. The highest BCUT2D eigenvalue weighted by atomic mass is 35.5. The van der Waals surface area contributed by atoms with Crippen LogP contribution in [0.1, 0.15) is 28.7 Å². The standard InChI is InChI=1S/C16H17Cl2NO/c1-10-7-13(18)5-6-14(10)16(20)15(9-19)11-3-2-4-12(17)8-11/h2-8,15-16,20H,9,19H2,1H3. The van der Waals surface area contributed by atoms with Gasteiger partial charge in [-0.2, -0.15) is 0 Å². The summed E-state index contributed by atoms with van der Waals surface area (Å²) < 4.78 is 0. The third-order valence-electron chi connectivity index (χ3n) is 3.46. The number of rotatable bonds is 4. The van der Waals surface area contributed by atoms with Crippen LogP contribution in [0.5, 0.6) is 0 Å². The lowest BCUT2D eigenvalue weighted by molar-refractivity contribution is 0.147. The van der Waals surface area contributed by atoms with Crippen molar-refractivity contribution in [2.24, 2.45) is 5.73 Å². The molecular formula is C16H17Cl2NO. The molecule has 0 amide bonds. The molecule has 20 heavy (non-hydrogen) atoms. The number of hydrogen-bond donors (Lipinski definition) is 2. The minimum atomic E-state index is -0.685. The molecule has 0 fully saturated rings. The Balaban J connectivity index is 2.36. The van der Waals surface area contributed by atoms with Crippen molar-refractivity contribution < 1.29 is 5.11 Å². The zero-order chi connectivity index (χ0) is 14.7. The van der Waals surface area contributed by atoms with Crippen molar-refractivity contribution in [2.45, 2.75) is 18.9 Å². The van der Waals surface area contributed by atoms with Gasteiger partial charge in [0, 0.05) is 22.5 Å². The van der Waals surface area contributed by atoms with E-state index in [1.165, 1.54) is 0 Å². The van der Waals surface area contributed by atoms with Crippen LogP contribution in [0.2, 0.25) is 10.0 Å². The van der Waals surface area contributed by atoms with Crippen molar-refractivity contribution in [3.8, 4) is 0 Å². The highest BCUT2D eigenvalue weighted by Crippen LogP contribution is 2.33. The van der Waals surface area contributed by atoms with Crippen molar-refractivity contribution >= 4 is 23.2 Å². The van der Waals surface area contributed by atoms with E-state index in [1.54, 1.807) is 12.1 Å². The lowest BCUT2D eigenvalue weighted by Gasteiger charge is -2.24. The largest absolute Gasteiger partial charge is 0.388 e. The fourth-order valence-corrected chi connectivity index (χ4v) is 2.80. The van der Waals surface area contributed by atoms with E-state index in [0.717, 1.165) is 16.7 Å². The van der Waals surface area contributed by atoms with E-state index in [4.69, 9.17) is 28.9 Å². The van der Waals surface area contributed by atoms with Crippen LogP contribution in [0.3, 0.4) is 0 Å². The Morgan fingerprint density at radius 1 is 1.10 bits per heavy atom. The molecule has 2 nitrogen and oxygen atoms in total. The molecule has 2 rings (SSSR count). The van der Waals surface area contributed by atoms with Crippen LogP contribution >= 0.6 is 23.2 Å². The van der Waals surface area contributed by atoms with Crippen LogP contribution in [0, 0.1) is 6.92 Å². The molecule has 2 atom stereocenters. The average Bonchev–Trinajstić information content (AvgIpc) is 2.39. The van der Waals surface area contributed by atoms with Gasteiger partial charge in [-0.25, -0.2) is 0 Å². The number of nitrogens with two attached hydrogens (primary N) is 1. The molecule has 106 valence electrons. The molecule has 4 heteroatoms. The fraction of sp³-hybridized carbons (Fsp3) is 0.250. The van der Waals surface area contributed by atoms with Gasteiger partial charge in [0.2, 0.25) is 0 Å². The highest BCUT2D eigenvalue weighted by Gasteiger charge is 2.23. The molecule has 0 spiro atoms. The van der Waals surface area contributed by atoms with E-state index in [-0.39, 0.29) is 5.92 Å². The van der Waals surface area contributed by atoms with Gasteiger partial charge in [-0.05, 0) is 47.9 Å². The fourth-order valence-electron chi connectivity index (χ4n) is 2.37. The van der Waals surface area contributed by atoms with E-state index in [1.807, 2.05) is 37.3 Å². The van der Waals surface area contributed by atoms with Crippen LogP contribution in [-0.2, 0) is 0 Å². The van der Waals surface area contributed by atoms with Crippen molar-refractivity contribution in [1.29, 1.82) is 0 Å². The van der Waals surface area contributed by atoms with Gasteiger partial charge in [0.1, 0.15) is 0 Å². The molecule has 0 aliphatic carbocycles. The van der Waals surface area contributed by atoms with Crippen LogP contribution in [0.15, 0.2) is 42.5 Å². The SMILES string of the molecule is Cc1cc(Cl)ccc1C(O)C(CN)c1cccc(Cl)c1. The summed E-state index contributed by atoms with van der Waals surface area (Å²) in [5.74, 6) is -0.200. The van der Waals surface area contributed by atoms with Gasteiger partial charge in [-0.3, -0.25) is 0 Å². The Kier molecular flexibility index (Phi) is 5.06. The number of aliphatic hydroxyl groups is 1. The summed E-state index contributed by atoms with van der Waals surface area (Å²) in [5, 5.41) is 11.9. The number of aryl methyl sites for hydroxylation is 1. The first-order valence-corrected chi connectivity index (χ1v) is 7.18. The number of hydrogen-bond acceptors (Lipinski definition) is 2. The lowest BCUT2D eigenvalue weighted by Crippen LogP contribution is -2.20. The summed E-state index contributed by atoms with van der Waals surface area (Å²) in [5.41, 5.74) is 8.56. The van der Waals surface area contributed by atoms with Gasteiger partial charge in [0.05, 0.1) is 6.10 Å². The van der Waals surface area contributed by atoms with E-state index < -0.39 is 6.10 Å². The van der Waals surface area contributed by atoms with Crippen molar-refractivity contribution in [3.63, 3.8) is 0 Å². The molecule has 0 heterocycles. The Labute approximate surface area is 129 Å². The molecule has 0 aromatic heterocycles. The summed E-state index contributed by atoms with van der Waals surface area (Å²) in [6.07, 6.45) is -0.685. The molecule has 3 N–H and O–H groups in total. The Hall–Kier alpha value is -1.06. The molecule has 0 saturated heterocycles. The molecule has 0 radical (unpaired) electrons. The minimum Gasteiger partial charge on any atom is -0.388 e. The summed E-state index contributed by atoms with van der Waals surface area (Å²) in [6, 6.07) is 12.9. The predicted octanol–water partition coefficient (Wildman–Crippen LogP) is 4.08. The molecule has 0 aliphatic rings. The van der Waals surface area contributed by atoms with Crippen molar-refractivity contribution in [1.82, 2.24) is 0 Å². The first-order chi connectivity index (χ1) is 9.52. The Morgan fingerprint density at radius 3 is 2.40 bits per heavy atom. The molecule has 0 saturated carbocycles.